The van der Waals surface area contributed by atoms with Gasteiger partial charge in [0.25, 0.3) is 0 Å². The number of carbonyl (C=O) groups is 3. The van der Waals surface area contributed by atoms with E-state index in [2.05, 4.69) is 0 Å². The van der Waals surface area contributed by atoms with E-state index >= 15 is 0 Å². The lowest BCUT2D eigenvalue weighted by Gasteiger charge is -2.24. The SMILES string of the molecule is NC(=O)C1CC(=O)N([C@@H](Cc2ccccc2)C(=O)O)C1. The summed E-state index contributed by atoms with van der Waals surface area (Å²) in [7, 11) is 0. The number of likely N-dealkylation sites (tertiary alicyclic amines) is 1. The molecule has 6 nitrogen and oxygen atoms in total. The summed E-state index contributed by atoms with van der Waals surface area (Å²) in [5, 5.41) is 9.33. The van der Waals surface area contributed by atoms with Crippen LogP contribution in [0.25, 0.3) is 0 Å². The van der Waals surface area contributed by atoms with Crippen molar-refractivity contribution in [3.05, 3.63) is 35.9 Å². The Morgan fingerprint density at radius 2 is 2.00 bits per heavy atom. The van der Waals surface area contributed by atoms with E-state index in [9.17, 15) is 19.5 Å². The number of rotatable bonds is 5. The predicted octanol–water partition coefficient (Wildman–Crippen LogP) is 0.0161. The Morgan fingerprint density at radius 1 is 1.35 bits per heavy atom. The number of amides is 2. The van der Waals surface area contributed by atoms with Crippen molar-refractivity contribution in [2.45, 2.75) is 18.9 Å². The largest absolute Gasteiger partial charge is 0.480 e. The van der Waals surface area contributed by atoms with Crippen molar-refractivity contribution in [1.29, 1.82) is 0 Å². The second-order valence-electron chi connectivity index (χ2n) is 4.89. The van der Waals surface area contributed by atoms with E-state index in [1.165, 1.54) is 4.90 Å². The number of primary amides is 1. The lowest BCUT2D eigenvalue weighted by atomic mass is 10.0. The maximum atomic E-state index is 11.9. The molecule has 1 heterocycles. The molecule has 2 rings (SSSR count). The monoisotopic (exact) mass is 276 g/mol. The van der Waals surface area contributed by atoms with Gasteiger partial charge in [-0.3, -0.25) is 9.59 Å². The Morgan fingerprint density at radius 3 is 2.50 bits per heavy atom. The minimum absolute atomic E-state index is 0.00605. The predicted molar refractivity (Wildman–Crippen MR) is 70.6 cm³/mol. The fraction of sp³-hybridized carbons (Fsp3) is 0.357. The highest BCUT2D eigenvalue weighted by Crippen LogP contribution is 2.22. The molecular formula is C14H16N2O4. The van der Waals surface area contributed by atoms with Crippen molar-refractivity contribution in [3.8, 4) is 0 Å². The highest BCUT2D eigenvalue weighted by atomic mass is 16.4. The summed E-state index contributed by atoms with van der Waals surface area (Å²) < 4.78 is 0. The highest BCUT2D eigenvalue weighted by molar-refractivity contribution is 5.91. The van der Waals surface area contributed by atoms with Gasteiger partial charge in [-0.2, -0.15) is 0 Å². The van der Waals surface area contributed by atoms with Crippen molar-refractivity contribution in [1.82, 2.24) is 4.90 Å². The van der Waals surface area contributed by atoms with Gasteiger partial charge in [-0.15, -0.1) is 0 Å². The van der Waals surface area contributed by atoms with Gasteiger partial charge < -0.3 is 15.7 Å². The van der Waals surface area contributed by atoms with Crippen LogP contribution in [0.3, 0.4) is 0 Å². The second kappa shape index (κ2) is 5.73. The van der Waals surface area contributed by atoms with E-state index in [1.807, 2.05) is 30.3 Å². The molecule has 0 spiro atoms. The molecule has 1 aliphatic rings. The van der Waals surface area contributed by atoms with Crippen molar-refractivity contribution >= 4 is 17.8 Å². The number of hydrogen-bond donors (Lipinski definition) is 2. The van der Waals surface area contributed by atoms with E-state index in [1.54, 1.807) is 0 Å². The summed E-state index contributed by atoms with van der Waals surface area (Å²) in [6.07, 6.45) is 0.210. The molecule has 0 radical (unpaired) electrons. The normalized spacial score (nSPS) is 19.9. The summed E-state index contributed by atoms with van der Waals surface area (Å²) in [6, 6.07) is 8.11. The number of nitrogens with zero attached hydrogens (tertiary/aromatic N) is 1. The molecule has 0 aliphatic carbocycles. The van der Waals surface area contributed by atoms with Crippen LogP contribution in [-0.4, -0.2) is 40.4 Å². The molecule has 3 N–H and O–H groups in total. The van der Waals surface area contributed by atoms with Crippen LogP contribution < -0.4 is 5.73 Å². The summed E-state index contributed by atoms with van der Waals surface area (Å²) in [5.41, 5.74) is 6.01. The minimum atomic E-state index is -1.08. The highest BCUT2D eigenvalue weighted by Gasteiger charge is 2.39. The van der Waals surface area contributed by atoms with Gasteiger partial charge >= 0.3 is 5.97 Å². The summed E-state index contributed by atoms with van der Waals surface area (Å²) in [6.45, 7) is 0.0813. The number of benzene rings is 1. The first-order valence-electron chi connectivity index (χ1n) is 6.34. The first kappa shape index (κ1) is 14.0. The van der Waals surface area contributed by atoms with E-state index in [4.69, 9.17) is 5.73 Å². The zero-order valence-electron chi connectivity index (χ0n) is 10.9. The minimum Gasteiger partial charge on any atom is -0.480 e. The lowest BCUT2D eigenvalue weighted by Crippen LogP contribution is -2.44. The molecule has 1 fully saturated rings. The van der Waals surface area contributed by atoms with Crippen LogP contribution >= 0.6 is 0 Å². The standard InChI is InChI=1S/C14H16N2O4/c15-13(18)10-7-12(17)16(8-10)11(14(19)20)6-9-4-2-1-3-5-9/h1-5,10-11H,6-8H2,(H2,15,18)(H,19,20)/t10?,11-/m0/s1. The van der Waals surface area contributed by atoms with Gasteiger partial charge in [0.05, 0.1) is 5.92 Å². The van der Waals surface area contributed by atoms with Crippen LogP contribution in [0.1, 0.15) is 12.0 Å². The number of hydrogen-bond acceptors (Lipinski definition) is 3. The Labute approximate surface area is 116 Å². The summed E-state index contributed by atoms with van der Waals surface area (Å²) in [4.78, 5) is 35.7. The van der Waals surface area contributed by atoms with Crippen LogP contribution in [0.2, 0.25) is 0 Å². The molecule has 1 saturated heterocycles. The molecule has 1 aromatic rings. The maximum absolute atomic E-state index is 11.9. The smallest absolute Gasteiger partial charge is 0.326 e. The summed E-state index contributed by atoms with van der Waals surface area (Å²) in [5.74, 6) is -2.57. The first-order chi connectivity index (χ1) is 9.49. The van der Waals surface area contributed by atoms with Gasteiger partial charge in [0, 0.05) is 19.4 Å². The molecule has 1 aliphatic heterocycles. The zero-order valence-corrected chi connectivity index (χ0v) is 10.9. The van der Waals surface area contributed by atoms with Gasteiger partial charge in [0.1, 0.15) is 6.04 Å². The molecule has 20 heavy (non-hydrogen) atoms. The van der Waals surface area contributed by atoms with Crippen LogP contribution in [-0.2, 0) is 20.8 Å². The number of carbonyl (C=O) groups excluding carboxylic acids is 2. The number of aliphatic carboxylic acids is 1. The third-order valence-electron chi connectivity index (χ3n) is 3.49. The summed E-state index contributed by atoms with van der Waals surface area (Å²) >= 11 is 0. The quantitative estimate of drug-likeness (QED) is 0.791. The third kappa shape index (κ3) is 2.96. The van der Waals surface area contributed by atoms with Crippen molar-refractivity contribution in [2.75, 3.05) is 6.54 Å². The van der Waals surface area contributed by atoms with E-state index in [0.29, 0.717) is 0 Å². The average molecular weight is 276 g/mol. The number of nitrogens with two attached hydrogens (primary N) is 1. The molecule has 6 heteroatoms. The van der Waals surface area contributed by atoms with E-state index in [-0.39, 0.29) is 25.3 Å². The number of carboxylic acids is 1. The van der Waals surface area contributed by atoms with Gasteiger partial charge in [-0.05, 0) is 5.56 Å². The Kier molecular flexibility index (Phi) is 4.02. The average Bonchev–Trinajstić information content (AvgIpc) is 2.79. The molecule has 0 saturated carbocycles. The molecule has 1 unspecified atom stereocenters. The Bertz CT molecular complexity index is 529. The topological polar surface area (TPSA) is 101 Å². The van der Waals surface area contributed by atoms with Crippen molar-refractivity contribution in [3.63, 3.8) is 0 Å². The zero-order chi connectivity index (χ0) is 14.7. The fourth-order valence-corrected chi connectivity index (χ4v) is 2.39. The molecule has 0 bridgehead atoms. The molecule has 106 valence electrons. The lowest BCUT2D eigenvalue weighted by molar-refractivity contribution is -0.148. The Hall–Kier alpha value is -2.37. The van der Waals surface area contributed by atoms with Crippen LogP contribution in [0.5, 0.6) is 0 Å². The number of carboxylic acid groups (broad SMARTS) is 1. The van der Waals surface area contributed by atoms with E-state index in [0.717, 1.165) is 5.56 Å². The van der Waals surface area contributed by atoms with Gasteiger partial charge in [-0.25, -0.2) is 4.79 Å². The van der Waals surface area contributed by atoms with Gasteiger partial charge in [0.15, 0.2) is 0 Å². The van der Waals surface area contributed by atoms with Crippen LogP contribution in [0.15, 0.2) is 30.3 Å². The molecule has 1 aromatic carbocycles. The van der Waals surface area contributed by atoms with Gasteiger partial charge in [0.2, 0.25) is 11.8 Å². The van der Waals surface area contributed by atoms with Crippen molar-refractivity contribution < 1.29 is 19.5 Å². The molecule has 0 aromatic heterocycles. The molecule has 2 amide bonds. The maximum Gasteiger partial charge on any atom is 0.326 e. The Balaban J connectivity index is 2.15. The molecule has 2 atom stereocenters. The van der Waals surface area contributed by atoms with Crippen LogP contribution in [0.4, 0.5) is 0 Å². The first-order valence-corrected chi connectivity index (χ1v) is 6.34. The molecular weight excluding hydrogens is 260 g/mol. The van der Waals surface area contributed by atoms with E-state index < -0.39 is 23.8 Å². The second-order valence-corrected chi connectivity index (χ2v) is 4.89. The third-order valence-corrected chi connectivity index (χ3v) is 3.49. The van der Waals surface area contributed by atoms with Crippen LogP contribution in [0, 0.1) is 5.92 Å². The van der Waals surface area contributed by atoms with Crippen molar-refractivity contribution in [2.24, 2.45) is 11.7 Å². The van der Waals surface area contributed by atoms with Gasteiger partial charge in [-0.1, -0.05) is 30.3 Å². The fourth-order valence-electron chi connectivity index (χ4n) is 2.39.